The fourth-order valence-corrected chi connectivity index (χ4v) is 5.79. The normalized spacial score (nSPS) is 21.0. The van der Waals surface area contributed by atoms with E-state index >= 15 is 0 Å². The molecular formula is C28H35FN6O7. The van der Waals surface area contributed by atoms with Crippen molar-refractivity contribution in [2.75, 3.05) is 49.6 Å². The Hall–Kier alpha value is -4.04. The number of piperidine rings is 1. The number of likely N-dealkylation sites (tertiary alicyclic amines) is 1. The average Bonchev–Trinajstić information content (AvgIpc) is 3.49. The van der Waals surface area contributed by atoms with Gasteiger partial charge in [0.1, 0.15) is 23.8 Å². The third-order valence-electron chi connectivity index (χ3n) is 7.73. The Morgan fingerprint density at radius 1 is 1.29 bits per heavy atom. The number of carbonyl (C=O) groups is 3. The molecule has 1 spiro atoms. The molecule has 13 nitrogen and oxygen atoms in total. The first-order valence-electron chi connectivity index (χ1n) is 13.8. The fraction of sp³-hybridized carbons (Fsp3) is 0.536. The van der Waals surface area contributed by atoms with Crippen molar-refractivity contribution in [2.24, 2.45) is 11.7 Å². The zero-order valence-corrected chi connectivity index (χ0v) is 23.6. The van der Waals surface area contributed by atoms with Gasteiger partial charge in [-0.05, 0) is 49.8 Å². The second-order valence-electron chi connectivity index (χ2n) is 11.9. The quantitative estimate of drug-likeness (QED) is 0.423. The number of fused-ring (bicyclic) bond motifs is 2. The lowest BCUT2D eigenvalue weighted by Gasteiger charge is -2.38. The van der Waals surface area contributed by atoms with Crippen molar-refractivity contribution in [1.82, 2.24) is 14.9 Å². The van der Waals surface area contributed by atoms with Gasteiger partial charge in [0, 0.05) is 44.1 Å². The summed E-state index contributed by atoms with van der Waals surface area (Å²) in [5, 5.41) is 9.51. The van der Waals surface area contributed by atoms with E-state index in [1.54, 1.807) is 0 Å². The van der Waals surface area contributed by atoms with Crippen LogP contribution in [0.5, 0.6) is 11.6 Å². The molecule has 1 aromatic carbocycles. The molecule has 4 aliphatic rings. The molecule has 0 bridgehead atoms. The molecule has 0 saturated carbocycles. The van der Waals surface area contributed by atoms with Gasteiger partial charge in [0.15, 0.2) is 18.2 Å². The molecule has 226 valence electrons. The number of hydrogen-bond acceptors (Lipinski definition) is 10. The first-order chi connectivity index (χ1) is 20.0. The van der Waals surface area contributed by atoms with Crippen LogP contribution in [0.25, 0.3) is 0 Å². The minimum absolute atomic E-state index is 0.114. The average molecular weight is 587 g/mol. The number of benzene rings is 1. The van der Waals surface area contributed by atoms with E-state index in [4.69, 9.17) is 29.8 Å². The highest BCUT2D eigenvalue weighted by atomic mass is 19.1. The molecule has 14 heteroatoms. The van der Waals surface area contributed by atoms with E-state index < -0.39 is 17.2 Å². The lowest BCUT2D eigenvalue weighted by molar-refractivity contribution is -0.123. The van der Waals surface area contributed by atoms with Gasteiger partial charge in [-0.25, -0.2) is 19.2 Å². The van der Waals surface area contributed by atoms with Gasteiger partial charge in [0.2, 0.25) is 0 Å². The van der Waals surface area contributed by atoms with Gasteiger partial charge < -0.3 is 35.3 Å². The molecule has 4 N–H and O–H groups in total. The summed E-state index contributed by atoms with van der Waals surface area (Å²) in [7, 11) is 0. The highest BCUT2D eigenvalue weighted by Gasteiger charge is 2.48. The third kappa shape index (κ3) is 6.54. The zero-order valence-electron chi connectivity index (χ0n) is 23.6. The molecule has 2 fully saturated rings. The van der Waals surface area contributed by atoms with Crippen molar-refractivity contribution in [3.8, 4) is 11.6 Å². The maximum atomic E-state index is 14.8. The predicted octanol–water partition coefficient (Wildman–Crippen LogP) is 1.97. The summed E-state index contributed by atoms with van der Waals surface area (Å²) >= 11 is 0. The van der Waals surface area contributed by atoms with Crippen LogP contribution in [-0.2, 0) is 27.2 Å². The van der Waals surface area contributed by atoms with Crippen molar-refractivity contribution < 1.29 is 38.1 Å². The van der Waals surface area contributed by atoms with E-state index in [0.29, 0.717) is 49.9 Å². The first-order valence-corrected chi connectivity index (χ1v) is 13.8. The highest BCUT2D eigenvalue weighted by Crippen LogP contribution is 2.38. The number of hydrogen-bond donors (Lipinski definition) is 3. The number of anilines is 2. The largest absolute Gasteiger partial charge is 0.492 e. The maximum absolute atomic E-state index is 14.8. The lowest BCUT2D eigenvalue weighted by Crippen LogP contribution is -2.48. The molecule has 1 atom stereocenters. The smallest absolute Gasteiger partial charge is 0.416 e. The van der Waals surface area contributed by atoms with Gasteiger partial charge in [-0.3, -0.25) is 14.5 Å². The van der Waals surface area contributed by atoms with E-state index in [0.717, 1.165) is 37.2 Å². The monoisotopic (exact) mass is 586 g/mol. The van der Waals surface area contributed by atoms with Crippen molar-refractivity contribution >= 4 is 30.1 Å². The number of nitrogens with one attached hydrogen (secondary N) is 1. The van der Waals surface area contributed by atoms with Crippen molar-refractivity contribution in [3.05, 3.63) is 35.3 Å². The van der Waals surface area contributed by atoms with Crippen molar-refractivity contribution in [3.63, 3.8) is 0 Å². The maximum Gasteiger partial charge on any atom is 0.416 e. The molecule has 1 unspecified atom stereocenters. The van der Waals surface area contributed by atoms with Gasteiger partial charge in [-0.2, -0.15) is 0 Å². The Balaban J connectivity index is 0.00000113. The number of carboxylic acid groups (broad SMARTS) is 1. The summed E-state index contributed by atoms with van der Waals surface area (Å²) in [5.41, 5.74) is 6.69. The highest BCUT2D eigenvalue weighted by molar-refractivity contribution is 5.94. The molecule has 2 saturated heterocycles. The lowest BCUT2D eigenvalue weighted by atomic mass is 9.90. The molecule has 2 amide bonds. The van der Waals surface area contributed by atoms with Crippen molar-refractivity contribution in [1.29, 1.82) is 0 Å². The standard InChI is InChI=1S/C27H33FN6O5.CH2O2/c1-26(2,29)15-38-18-9-17-7-16(8-19(17)20(28)10-18)12-33-5-3-27(4-6-33)14-34(25(36)39-27)21-11-30-24-23(31-21)32-22(35)13-37-24;2-1-3/h9-11,16H,3-8,12-15,29H2,1-2H3,(H,31,32,35);1H,(H,2,3). The van der Waals surface area contributed by atoms with Crippen LogP contribution in [0.1, 0.15) is 37.8 Å². The topological polar surface area (TPSA) is 169 Å². The Labute approximate surface area is 242 Å². The molecule has 3 aliphatic heterocycles. The van der Waals surface area contributed by atoms with Gasteiger partial charge >= 0.3 is 6.09 Å². The molecule has 1 aliphatic carbocycles. The number of rotatable bonds is 6. The predicted molar refractivity (Wildman–Crippen MR) is 148 cm³/mol. The summed E-state index contributed by atoms with van der Waals surface area (Å²) in [5.74, 6) is 1.04. The van der Waals surface area contributed by atoms with Crippen LogP contribution in [0, 0.1) is 11.7 Å². The number of halogens is 1. The number of carbonyl (C=O) groups excluding carboxylic acids is 2. The summed E-state index contributed by atoms with van der Waals surface area (Å²) < 4.78 is 31.7. The molecule has 2 aromatic rings. The number of aromatic nitrogens is 2. The number of nitrogens with zero attached hydrogens (tertiary/aromatic N) is 4. The zero-order chi connectivity index (χ0) is 30.1. The number of ether oxygens (including phenoxy) is 3. The SMILES string of the molecule is CC(C)(N)COc1cc(F)c2c(c1)CC(CN1CCC3(CC1)CN(c1cnc4c(n1)NC(=O)CO4)C(=O)O3)C2.O=CO. The number of nitrogens with two attached hydrogens (primary N) is 1. The fourth-order valence-electron chi connectivity index (χ4n) is 5.79. The van der Waals surface area contributed by atoms with E-state index in [2.05, 4.69) is 20.2 Å². The van der Waals surface area contributed by atoms with Crippen LogP contribution in [0.3, 0.4) is 0 Å². The first kappa shape index (κ1) is 29.5. The summed E-state index contributed by atoms with van der Waals surface area (Å²) in [6.07, 6.45) is 3.86. The van der Waals surface area contributed by atoms with Crippen LogP contribution in [0.2, 0.25) is 0 Å². The van der Waals surface area contributed by atoms with Crippen molar-refractivity contribution in [2.45, 2.75) is 50.7 Å². The van der Waals surface area contributed by atoms with Crippen LogP contribution in [-0.4, -0.2) is 89.0 Å². The van der Waals surface area contributed by atoms with Crippen LogP contribution >= 0.6 is 0 Å². The number of amides is 2. The molecule has 42 heavy (non-hydrogen) atoms. The van der Waals surface area contributed by atoms with Gasteiger partial charge in [0.25, 0.3) is 18.3 Å². The van der Waals surface area contributed by atoms with Crippen LogP contribution in [0.4, 0.5) is 20.8 Å². The Morgan fingerprint density at radius 2 is 2.02 bits per heavy atom. The van der Waals surface area contributed by atoms with Gasteiger partial charge in [-0.1, -0.05) is 0 Å². The Kier molecular flexibility index (Phi) is 8.19. The van der Waals surface area contributed by atoms with Crippen LogP contribution in [0.15, 0.2) is 18.3 Å². The van der Waals surface area contributed by atoms with Gasteiger partial charge in [-0.15, -0.1) is 0 Å². The Morgan fingerprint density at radius 3 is 2.74 bits per heavy atom. The van der Waals surface area contributed by atoms with E-state index in [1.807, 2.05) is 19.9 Å². The molecule has 0 radical (unpaired) electrons. The molecule has 1 aromatic heterocycles. The summed E-state index contributed by atoms with van der Waals surface area (Å²) in [4.78, 5) is 45.2. The summed E-state index contributed by atoms with van der Waals surface area (Å²) in [6, 6.07) is 3.41. The van der Waals surface area contributed by atoms with Crippen LogP contribution < -0.4 is 25.4 Å². The second-order valence-corrected chi connectivity index (χ2v) is 11.9. The van der Waals surface area contributed by atoms with E-state index in [-0.39, 0.29) is 36.5 Å². The Bertz CT molecular complexity index is 1360. The van der Waals surface area contributed by atoms with E-state index in [1.165, 1.54) is 17.2 Å². The third-order valence-corrected chi connectivity index (χ3v) is 7.73. The van der Waals surface area contributed by atoms with E-state index in [9.17, 15) is 14.0 Å². The minimum atomic E-state index is -0.599. The second kappa shape index (κ2) is 11.7. The van der Waals surface area contributed by atoms with Gasteiger partial charge in [0.05, 0.1) is 12.7 Å². The minimum Gasteiger partial charge on any atom is -0.492 e. The molecular weight excluding hydrogens is 551 g/mol. The molecule has 4 heterocycles. The molecule has 6 rings (SSSR count). The summed E-state index contributed by atoms with van der Waals surface area (Å²) in [6.45, 7) is 6.46.